The standard InChI is InChI=1S/C16H13NO3S/c1-10-8-12-9-11(16(19)20-2)5-6-17(12)14(10)15(18)13-4-3-7-21-13/h3-9H,1-2H3. The predicted octanol–water partition coefficient (Wildman–Crippen LogP) is 3.33. The molecule has 0 unspecified atom stereocenters. The summed E-state index contributed by atoms with van der Waals surface area (Å²) in [5.41, 5.74) is 2.78. The Morgan fingerprint density at radius 1 is 1.24 bits per heavy atom. The summed E-state index contributed by atoms with van der Waals surface area (Å²) < 4.78 is 6.52. The molecule has 5 heteroatoms. The number of hydrogen-bond acceptors (Lipinski definition) is 4. The quantitative estimate of drug-likeness (QED) is 0.550. The fourth-order valence-corrected chi connectivity index (χ4v) is 3.04. The molecule has 0 fully saturated rings. The van der Waals surface area contributed by atoms with E-state index < -0.39 is 0 Å². The Morgan fingerprint density at radius 2 is 2.05 bits per heavy atom. The van der Waals surface area contributed by atoms with Crippen molar-refractivity contribution in [3.05, 3.63) is 63.6 Å². The van der Waals surface area contributed by atoms with E-state index in [9.17, 15) is 9.59 Å². The number of rotatable bonds is 3. The number of aromatic nitrogens is 1. The Balaban J connectivity index is 2.14. The van der Waals surface area contributed by atoms with E-state index in [1.54, 1.807) is 18.3 Å². The Hall–Kier alpha value is -2.40. The second-order valence-electron chi connectivity index (χ2n) is 4.68. The molecule has 0 atom stereocenters. The first-order valence-corrected chi connectivity index (χ1v) is 7.28. The molecule has 0 N–H and O–H groups in total. The van der Waals surface area contributed by atoms with Crippen LogP contribution < -0.4 is 0 Å². The number of carbonyl (C=O) groups is 2. The topological polar surface area (TPSA) is 47.8 Å². The van der Waals surface area contributed by atoms with Gasteiger partial charge in [-0.1, -0.05) is 6.07 Å². The van der Waals surface area contributed by atoms with Crippen LogP contribution in [0.2, 0.25) is 0 Å². The first kappa shape index (κ1) is 13.6. The molecule has 0 aliphatic carbocycles. The van der Waals surface area contributed by atoms with Gasteiger partial charge in [-0.2, -0.15) is 0 Å². The van der Waals surface area contributed by atoms with Crippen molar-refractivity contribution in [2.75, 3.05) is 7.11 Å². The molecular formula is C16H13NO3S. The van der Waals surface area contributed by atoms with Crippen LogP contribution in [0.3, 0.4) is 0 Å². The summed E-state index contributed by atoms with van der Waals surface area (Å²) >= 11 is 1.42. The number of thiophene rings is 1. The van der Waals surface area contributed by atoms with Gasteiger partial charge < -0.3 is 9.14 Å². The van der Waals surface area contributed by atoms with Gasteiger partial charge in [-0.3, -0.25) is 4.79 Å². The van der Waals surface area contributed by atoms with Gasteiger partial charge in [-0.05, 0) is 42.1 Å². The molecule has 0 aromatic carbocycles. The smallest absolute Gasteiger partial charge is 0.337 e. The zero-order valence-corrected chi connectivity index (χ0v) is 12.4. The average molecular weight is 299 g/mol. The number of aryl methyl sites for hydroxylation is 1. The Kier molecular flexibility index (Phi) is 3.35. The molecule has 21 heavy (non-hydrogen) atoms. The number of pyridine rings is 1. The number of esters is 1. The van der Waals surface area contributed by atoms with Crippen LogP contribution in [0.25, 0.3) is 5.52 Å². The number of hydrogen-bond donors (Lipinski definition) is 0. The van der Waals surface area contributed by atoms with Crippen molar-refractivity contribution in [1.82, 2.24) is 4.40 Å². The molecule has 0 bridgehead atoms. The van der Waals surface area contributed by atoms with Gasteiger partial charge in [0.25, 0.3) is 0 Å². The summed E-state index contributed by atoms with van der Waals surface area (Å²) in [5, 5.41) is 1.88. The van der Waals surface area contributed by atoms with Gasteiger partial charge in [0.1, 0.15) is 0 Å². The average Bonchev–Trinajstić information content (AvgIpc) is 3.11. The molecule has 106 valence electrons. The van der Waals surface area contributed by atoms with Gasteiger partial charge in [-0.15, -0.1) is 11.3 Å². The fraction of sp³-hybridized carbons (Fsp3) is 0.125. The highest BCUT2D eigenvalue weighted by atomic mass is 32.1. The van der Waals surface area contributed by atoms with Crippen molar-refractivity contribution in [3.63, 3.8) is 0 Å². The number of ketones is 1. The fourth-order valence-electron chi connectivity index (χ4n) is 2.37. The molecule has 0 aliphatic rings. The highest BCUT2D eigenvalue weighted by Gasteiger charge is 2.18. The minimum Gasteiger partial charge on any atom is -0.465 e. The van der Waals surface area contributed by atoms with E-state index in [0.29, 0.717) is 16.1 Å². The normalized spacial score (nSPS) is 10.8. The summed E-state index contributed by atoms with van der Waals surface area (Å²) in [7, 11) is 1.35. The van der Waals surface area contributed by atoms with E-state index in [1.165, 1.54) is 18.4 Å². The van der Waals surface area contributed by atoms with Gasteiger partial charge >= 0.3 is 5.97 Å². The number of carbonyl (C=O) groups excluding carboxylic acids is 2. The highest BCUT2D eigenvalue weighted by Crippen LogP contribution is 2.22. The van der Waals surface area contributed by atoms with Crippen LogP contribution in [0.5, 0.6) is 0 Å². The summed E-state index contributed by atoms with van der Waals surface area (Å²) in [5.74, 6) is -0.393. The lowest BCUT2D eigenvalue weighted by molar-refractivity contribution is 0.0600. The van der Waals surface area contributed by atoms with E-state index in [2.05, 4.69) is 0 Å². The van der Waals surface area contributed by atoms with Gasteiger partial charge in [0.05, 0.1) is 23.2 Å². The molecule has 0 amide bonds. The number of methoxy groups -OCH3 is 1. The zero-order valence-electron chi connectivity index (χ0n) is 11.6. The number of ether oxygens (including phenoxy) is 1. The third-order valence-electron chi connectivity index (χ3n) is 3.34. The minimum atomic E-state index is -0.387. The molecule has 4 nitrogen and oxygen atoms in total. The Bertz CT molecular complexity index is 831. The molecule has 0 spiro atoms. The van der Waals surface area contributed by atoms with Gasteiger partial charge in [-0.25, -0.2) is 4.79 Å². The van der Waals surface area contributed by atoms with Crippen LogP contribution in [-0.2, 0) is 4.74 Å². The molecule has 0 radical (unpaired) electrons. The zero-order chi connectivity index (χ0) is 15.0. The van der Waals surface area contributed by atoms with E-state index in [4.69, 9.17) is 4.74 Å². The van der Waals surface area contributed by atoms with Crippen molar-refractivity contribution in [2.24, 2.45) is 0 Å². The summed E-state index contributed by atoms with van der Waals surface area (Å²) in [6.45, 7) is 1.89. The molecule has 3 rings (SSSR count). The lowest BCUT2D eigenvalue weighted by atomic mass is 10.2. The predicted molar refractivity (Wildman–Crippen MR) is 81.2 cm³/mol. The molecular weight excluding hydrogens is 286 g/mol. The van der Waals surface area contributed by atoms with Crippen molar-refractivity contribution < 1.29 is 14.3 Å². The van der Waals surface area contributed by atoms with Gasteiger partial charge in [0.15, 0.2) is 0 Å². The number of nitrogens with zero attached hydrogens (tertiary/aromatic N) is 1. The van der Waals surface area contributed by atoms with Gasteiger partial charge in [0, 0.05) is 11.7 Å². The first-order valence-electron chi connectivity index (χ1n) is 6.40. The Morgan fingerprint density at radius 3 is 2.71 bits per heavy atom. The van der Waals surface area contributed by atoms with Crippen LogP contribution in [0, 0.1) is 6.92 Å². The SMILES string of the molecule is COC(=O)c1ccn2c(C(=O)c3cccs3)c(C)cc2c1. The molecule has 0 saturated carbocycles. The largest absolute Gasteiger partial charge is 0.465 e. The van der Waals surface area contributed by atoms with E-state index in [0.717, 1.165) is 11.1 Å². The van der Waals surface area contributed by atoms with E-state index in [1.807, 2.05) is 34.9 Å². The second kappa shape index (κ2) is 5.18. The highest BCUT2D eigenvalue weighted by molar-refractivity contribution is 7.12. The van der Waals surface area contributed by atoms with Crippen LogP contribution in [0.15, 0.2) is 41.9 Å². The van der Waals surface area contributed by atoms with E-state index >= 15 is 0 Å². The molecule has 3 aromatic rings. The van der Waals surface area contributed by atoms with Gasteiger partial charge in [0.2, 0.25) is 5.78 Å². The lowest BCUT2D eigenvalue weighted by Crippen LogP contribution is -2.06. The molecule has 0 aliphatic heterocycles. The first-order chi connectivity index (χ1) is 10.1. The van der Waals surface area contributed by atoms with Crippen LogP contribution in [0.4, 0.5) is 0 Å². The van der Waals surface area contributed by atoms with Crippen molar-refractivity contribution in [3.8, 4) is 0 Å². The summed E-state index contributed by atoms with van der Waals surface area (Å²) in [6.07, 6.45) is 1.73. The van der Waals surface area contributed by atoms with Crippen molar-refractivity contribution in [2.45, 2.75) is 6.92 Å². The van der Waals surface area contributed by atoms with Crippen LogP contribution >= 0.6 is 11.3 Å². The van der Waals surface area contributed by atoms with E-state index in [-0.39, 0.29) is 11.8 Å². The third-order valence-corrected chi connectivity index (χ3v) is 4.21. The monoisotopic (exact) mass is 299 g/mol. The molecule has 0 saturated heterocycles. The van der Waals surface area contributed by atoms with Crippen molar-refractivity contribution in [1.29, 1.82) is 0 Å². The summed E-state index contributed by atoms with van der Waals surface area (Å²) in [4.78, 5) is 24.9. The van der Waals surface area contributed by atoms with Crippen LogP contribution in [-0.4, -0.2) is 23.3 Å². The molecule has 3 heterocycles. The molecule has 3 aromatic heterocycles. The third kappa shape index (κ3) is 2.25. The maximum absolute atomic E-state index is 12.6. The minimum absolute atomic E-state index is 0.00619. The second-order valence-corrected chi connectivity index (χ2v) is 5.63. The number of fused-ring (bicyclic) bond motifs is 1. The maximum Gasteiger partial charge on any atom is 0.337 e. The Labute approximate surface area is 125 Å². The maximum atomic E-state index is 12.6. The van der Waals surface area contributed by atoms with Crippen molar-refractivity contribution >= 4 is 28.6 Å². The summed E-state index contributed by atoms with van der Waals surface area (Å²) in [6, 6.07) is 8.95. The lowest BCUT2D eigenvalue weighted by Gasteiger charge is -2.04. The van der Waals surface area contributed by atoms with Crippen LogP contribution in [0.1, 0.15) is 31.3 Å².